The highest BCUT2D eigenvalue weighted by atomic mass is 79.9. The van der Waals surface area contributed by atoms with Gasteiger partial charge in [0.1, 0.15) is 5.75 Å². The van der Waals surface area contributed by atoms with E-state index in [9.17, 15) is 0 Å². The number of likely N-dealkylation sites (tertiary alicyclic amines) is 1. The molecule has 4 nitrogen and oxygen atoms in total. The molecule has 0 unspecified atom stereocenters. The second-order valence-corrected chi connectivity index (χ2v) is 9.30. The van der Waals surface area contributed by atoms with E-state index in [1.807, 2.05) is 6.07 Å². The maximum absolute atomic E-state index is 5.40. The minimum Gasteiger partial charge on any atom is -0.497 e. The molecule has 0 bridgehead atoms. The fourth-order valence-electron chi connectivity index (χ4n) is 4.41. The summed E-state index contributed by atoms with van der Waals surface area (Å²) in [5.41, 5.74) is 4.12. The smallest absolute Gasteiger partial charge is 0.119 e. The first-order chi connectivity index (χ1) is 14.7. The Balaban J connectivity index is 1.22. The monoisotopic (exact) mass is 469 g/mol. The maximum atomic E-state index is 5.40. The zero-order valence-electron chi connectivity index (χ0n) is 17.8. The number of halogens is 1. The zero-order chi connectivity index (χ0) is 20.8. The zero-order valence-corrected chi connectivity index (χ0v) is 19.4. The first-order valence-electron chi connectivity index (χ1n) is 10.9. The van der Waals surface area contributed by atoms with Crippen LogP contribution in [0, 0.1) is 5.92 Å². The normalized spacial score (nSPS) is 18.7. The Morgan fingerprint density at radius 2 is 1.83 bits per heavy atom. The van der Waals surface area contributed by atoms with Crippen LogP contribution in [0.3, 0.4) is 0 Å². The van der Waals surface area contributed by atoms with Crippen molar-refractivity contribution in [3.63, 3.8) is 0 Å². The minimum absolute atomic E-state index is 0.749. The van der Waals surface area contributed by atoms with E-state index in [4.69, 9.17) is 4.74 Å². The molecule has 0 radical (unpaired) electrons. The van der Waals surface area contributed by atoms with Crippen LogP contribution in [-0.2, 0) is 13.0 Å². The van der Waals surface area contributed by atoms with Crippen LogP contribution in [-0.4, -0.2) is 49.8 Å². The van der Waals surface area contributed by atoms with E-state index in [1.54, 1.807) is 7.11 Å². The molecule has 0 atom stereocenters. The van der Waals surface area contributed by atoms with Crippen molar-refractivity contribution in [2.75, 3.05) is 40.0 Å². The predicted molar refractivity (Wildman–Crippen MR) is 126 cm³/mol. The van der Waals surface area contributed by atoms with E-state index < -0.39 is 0 Å². The minimum atomic E-state index is 0.749. The van der Waals surface area contributed by atoms with Crippen LogP contribution in [0.15, 0.2) is 64.8 Å². The van der Waals surface area contributed by atoms with Gasteiger partial charge in [0.05, 0.1) is 13.8 Å². The Morgan fingerprint density at radius 1 is 1.03 bits per heavy atom. The molecule has 30 heavy (non-hydrogen) atoms. The Labute approximate surface area is 189 Å². The van der Waals surface area contributed by atoms with Gasteiger partial charge in [0.2, 0.25) is 0 Å². The van der Waals surface area contributed by atoms with Crippen LogP contribution < -0.4 is 10.1 Å². The molecule has 0 amide bonds. The van der Waals surface area contributed by atoms with E-state index >= 15 is 0 Å². The summed E-state index contributed by atoms with van der Waals surface area (Å²) in [4.78, 5) is 5.04. The maximum Gasteiger partial charge on any atom is 0.119 e. The average molecular weight is 470 g/mol. The highest BCUT2D eigenvalue weighted by molar-refractivity contribution is 9.10. The van der Waals surface area contributed by atoms with Gasteiger partial charge in [0.25, 0.3) is 0 Å². The van der Waals surface area contributed by atoms with Crippen molar-refractivity contribution in [2.45, 2.75) is 25.8 Å². The molecule has 1 N–H and O–H groups in total. The van der Waals surface area contributed by atoms with Gasteiger partial charge in [-0.05, 0) is 67.6 Å². The third-order valence-corrected chi connectivity index (χ3v) is 7.01. The summed E-state index contributed by atoms with van der Waals surface area (Å²) in [6.07, 6.45) is 6.01. The van der Waals surface area contributed by atoms with Crippen LogP contribution in [0.2, 0.25) is 0 Å². The number of hydrogen-bond acceptors (Lipinski definition) is 4. The molecule has 4 rings (SSSR count). The van der Waals surface area contributed by atoms with Gasteiger partial charge in [0, 0.05) is 29.8 Å². The molecule has 160 valence electrons. The molecule has 5 heteroatoms. The summed E-state index contributed by atoms with van der Waals surface area (Å²) in [5.74, 6) is 1.70. The van der Waals surface area contributed by atoms with Gasteiger partial charge < -0.3 is 10.1 Å². The first kappa shape index (κ1) is 21.4. The summed E-state index contributed by atoms with van der Waals surface area (Å²) in [6.45, 7) is 6.37. The summed E-state index contributed by atoms with van der Waals surface area (Å²) < 4.78 is 6.59. The summed E-state index contributed by atoms with van der Waals surface area (Å²) in [6, 6.07) is 17.0. The SMILES string of the molecule is COc1ccc(Br)c(CC2CCN(CC3=CCN(Cc4ccccc4)CN3)CC2)c1. The topological polar surface area (TPSA) is 27.7 Å². The number of ether oxygens (including phenoxy) is 1. The van der Waals surface area contributed by atoms with E-state index in [0.717, 1.165) is 44.4 Å². The van der Waals surface area contributed by atoms with E-state index in [-0.39, 0.29) is 0 Å². The lowest BCUT2D eigenvalue weighted by Crippen LogP contribution is -2.43. The molecular formula is C25H32BrN3O. The van der Waals surface area contributed by atoms with Crippen molar-refractivity contribution >= 4 is 15.9 Å². The number of methoxy groups -OCH3 is 1. The van der Waals surface area contributed by atoms with Gasteiger partial charge in [-0.1, -0.05) is 52.3 Å². The van der Waals surface area contributed by atoms with Crippen molar-refractivity contribution in [3.8, 4) is 5.75 Å². The van der Waals surface area contributed by atoms with Gasteiger partial charge >= 0.3 is 0 Å². The molecule has 2 aromatic carbocycles. The third kappa shape index (κ3) is 5.87. The molecule has 2 heterocycles. The van der Waals surface area contributed by atoms with Crippen LogP contribution >= 0.6 is 15.9 Å². The fraction of sp³-hybridized carbons (Fsp3) is 0.440. The Hall–Kier alpha value is -1.82. The lowest BCUT2D eigenvalue weighted by molar-refractivity contribution is 0.187. The van der Waals surface area contributed by atoms with Crippen molar-refractivity contribution < 1.29 is 4.74 Å². The Kier molecular flexibility index (Phi) is 7.47. The molecule has 0 aliphatic carbocycles. The summed E-state index contributed by atoms with van der Waals surface area (Å²) in [7, 11) is 1.74. The molecule has 1 fully saturated rings. The van der Waals surface area contributed by atoms with Gasteiger partial charge in [0.15, 0.2) is 0 Å². The average Bonchev–Trinajstić information content (AvgIpc) is 2.79. The standard InChI is InChI=1S/C25H32BrN3O/c1-30-24-7-8-25(26)22(16-24)15-20-9-12-28(13-10-20)18-23-11-14-29(19-27-23)17-21-5-3-2-4-6-21/h2-8,11,16,20,27H,9-10,12-15,17-19H2,1H3. The molecule has 0 spiro atoms. The van der Waals surface area contributed by atoms with Gasteiger partial charge in [-0.2, -0.15) is 0 Å². The lowest BCUT2D eigenvalue weighted by Gasteiger charge is -2.35. The van der Waals surface area contributed by atoms with Gasteiger partial charge in [-0.15, -0.1) is 0 Å². The van der Waals surface area contributed by atoms with Crippen molar-refractivity contribution in [2.24, 2.45) is 5.92 Å². The molecule has 2 aromatic rings. The molecule has 0 saturated carbocycles. The number of benzene rings is 2. The van der Waals surface area contributed by atoms with Crippen molar-refractivity contribution in [3.05, 3.63) is 75.9 Å². The molecule has 2 aliphatic rings. The number of nitrogens with zero attached hydrogens (tertiary/aromatic N) is 2. The predicted octanol–water partition coefficient (Wildman–Crippen LogP) is 4.66. The van der Waals surface area contributed by atoms with E-state index in [0.29, 0.717) is 0 Å². The Bertz CT molecular complexity index is 847. The first-order valence-corrected chi connectivity index (χ1v) is 11.7. The molecule has 0 aromatic heterocycles. The van der Waals surface area contributed by atoms with Gasteiger partial charge in [-0.3, -0.25) is 9.80 Å². The van der Waals surface area contributed by atoms with Crippen molar-refractivity contribution in [1.29, 1.82) is 0 Å². The third-order valence-electron chi connectivity index (χ3n) is 6.24. The number of nitrogens with one attached hydrogen (secondary N) is 1. The largest absolute Gasteiger partial charge is 0.497 e. The van der Waals surface area contributed by atoms with Crippen LogP contribution in [0.5, 0.6) is 5.75 Å². The molecule has 2 aliphatic heterocycles. The second kappa shape index (κ2) is 10.5. The van der Waals surface area contributed by atoms with Gasteiger partial charge in [-0.25, -0.2) is 0 Å². The van der Waals surface area contributed by atoms with Crippen LogP contribution in [0.1, 0.15) is 24.0 Å². The molecule has 1 saturated heterocycles. The summed E-state index contributed by atoms with van der Waals surface area (Å²) in [5, 5.41) is 3.63. The van der Waals surface area contributed by atoms with Crippen molar-refractivity contribution in [1.82, 2.24) is 15.1 Å². The quantitative estimate of drug-likeness (QED) is 0.637. The van der Waals surface area contributed by atoms with Crippen LogP contribution in [0.25, 0.3) is 0 Å². The number of rotatable bonds is 7. The number of piperidine rings is 1. The second-order valence-electron chi connectivity index (χ2n) is 8.44. The van der Waals surface area contributed by atoms with E-state index in [1.165, 1.54) is 47.2 Å². The highest BCUT2D eigenvalue weighted by Crippen LogP contribution is 2.28. The number of hydrogen-bond donors (Lipinski definition) is 1. The fourth-order valence-corrected chi connectivity index (χ4v) is 4.82. The van der Waals surface area contributed by atoms with E-state index in [2.05, 4.69) is 79.6 Å². The Morgan fingerprint density at radius 3 is 2.53 bits per heavy atom. The van der Waals surface area contributed by atoms with Crippen LogP contribution in [0.4, 0.5) is 0 Å². The summed E-state index contributed by atoms with van der Waals surface area (Å²) >= 11 is 3.70. The lowest BCUT2D eigenvalue weighted by atomic mass is 9.90. The molecular weight excluding hydrogens is 438 g/mol. The highest BCUT2D eigenvalue weighted by Gasteiger charge is 2.22.